The quantitative estimate of drug-likeness (QED) is 0.391. The molecule has 0 aliphatic heterocycles. The molecule has 35 heavy (non-hydrogen) atoms. The number of rotatable bonds is 6. The van der Waals surface area contributed by atoms with Gasteiger partial charge in [-0.15, -0.1) is 0 Å². The highest BCUT2D eigenvalue weighted by Gasteiger charge is 2.34. The number of sulfone groups is 1. The molecule has 4 heterocycles. The highest BCUT2D eigenvalue weighted by Crippen LogP contribution is 2.38. The Hall–Kier alpha value is -3.89. The molecular formula is C22H20N6O5S2. The predicted octanol–water partition coefficient (Wildman–Crippen LogP) is 2.79. The molecule has 13 heteroatoms. The number of oxazole rings is 1. The van der Waals surface area contributed by atoms with Gasteiger partial charge in [0.05, 0.1) is 34.8 Å². The molecule has 1 aliphatic rings. The maximum Gasteiger partial charge on any atom is 0.335 e. The van der Waals surface area contributed by atoms with Crippen LogP contribution in [0.1, 0.15) is 24.2 Å². The SMILES string of the molecule is Cc1cnc(-c2cnc3[nH]ccc3c2NC2CC(CS(=O)(=O)c3cc(C#N)ccn3)C2)o1.O=S=O. The van der Waals surface area contributed by atoms with Gasteiger partial charge in [-0.1, -0.05) is 0 Å². The average Bonchev–Trinajstić information content (AvgIpc) is 3.47. The van der Waals surface area contributed by atoms with Gasteiger partial charge >= 0.3 is 11.6 Å². The lowest BCUT2D eigenvalue weighted by atomic mass is 9.81. The second kappa shape index (κ2) is 10.2. The second-order valence-corrected chi connectivity index (χ2v) is 10.2. The van der Waals surface area contributed by atoms with Gasteiger partial charge in [0.1, 0.15) is 11.4 Å². The molecule has 4 aromatic heterocycles. The van der Waals surface area contributed by atoms with E-state index in [2.05, 4.69) is 25.3 Å². The fraction of sp³-hybridized carbons (Fsp3) is 0.273. The molecule has 1 fully saturated rings. The van der Waals surface area contributed by atoms with E-state index in [1.54, 1.807) is 12.4 Å². The summed E-state index contributed by atoms with van der Waals surface area (Å²) >= 11 is -0.750. The van der Waals surface area contributed by atoms with Gasteiger partial charge in [-0.3, -0.25) is 0 Å². The Bertz CT molecular complexity index is 1540. The topological polar surface area (TPSA) is 172 Å². The number of aromatic amines is 1. The Morgan fingerprint density at radius 2 is 2.00 bits per heavy atom. The number of aryl methyl sites for hydroxylation is 1. The van der Waals surface area contributed by atoms with Crippen molar-refractivity contribution in [1.29, 1.82) is 5.26 Å². The number of nitrogens with one attached hydrogen (secondary N) is 2. The summed E-state index contributed by atoms with van der Waals surface area (Å²) < 4.78 is 47.7. The van der Waals surface area contributed by atoms with Crippen molar-refractivity contribution >= 4 is 38.1 Å². The number of hydrogen-bond donors (Lipinski definition) is 2. The van der Waals surface area contributed by atoms with Crippen LogP contribution in [0.4, 0.5) is 5.69 Å². The van der Waals surface area contributed by atoms with Gasteiger partial charge in [0.2, 0.25) is 5.89 Å². The number of nitrogens with zero attached hydrogens (tertiary/aromatic N) is 4. The molecule has 2 N–H and O–H groups in total. The zero-order valence-corrected chi connectivity index (χ0v) is 20.1. The van der Waals surface area contributed by atoms with E-state index < -0.39 is 21.4 Å². The van der Waals surface area contributed by atoms with Crippen molar-refractivity contribution in [3.8, 4) is 17.5 Å². The summed E-state index contributed by atoms with van der Waals surface area (Å²) in [5.74, 6) is 1.22. The molecule has 4 aromatic rings. The first-order valence-electron chi connectivity index (χ1n) is 10.5. The molecule has 0 radical (unpaired) electrons. The van der Waals surface area contributed by atoms with Gasteiger partial charge in [-0.25, -0.2) is 23.4 Å². The summed E-state index contributed by atoms with van der Waals surface area (Å²) in [7, 11) is -3.55. The van der Waals surface area contributed by atoms with Crippen LogP contribution in [-0.4, -0.2) is 48.6 Å². The minimum Gasteiger partial charge on any atom is -0.441 e. The van der Waals surface area contributed by atoms with Crippen LogP contribution in [0.25, 0.3) is 22.5 Å². The normalized spacial score (nSPS) is 17.0. The van der Waals surface area contributed by atoms with Crippen LogP contribution in [0.2, 0.25) is 0 Å². The Labute approximate surface area is 204 Å². The summed E-state index contributed by atoms with van der Waals surface area (Å²) in [6.07, 6.45) is 7.98. The van der Waals surface area contributed by atoms with Crippen LogP contribution in [0.5, 0.6) is 0 Å². The third-order valence-electron chi connectivity index (χ3n) is 5.66. The number of anilines is 1. The molecule has 0 atom stereocenters. The minimum atomic E-state index is -3.55. The highest BCUT2D eigenvalue weighted by molar-refractivity contribution is 7.91. The first-order chi connectivity index (χ1) is 16.8. The standard InChI is InChI=1S/C22H20N6O3S.O2S/c1-13-10-27-22(31-13)18-11-26-21-17(3-5-25-21)20(18)28-16-6-15(7-16)12-32(29,30)19-8-14(9-23)2-4-24-19;1-3-2/h2-5,8,10-11,15-16H,6-7,12H2,1H3,(H2,25,26,28);. The zero-order chi connectivity index (χ0) is 25.0. The predicted molar refractivity (Wildman–Crippen MR) is 126 cm³/mol. The first-order valence-corrected chi connectivity index (χ1v) is 12.8. The Kier molecular flexibility index (Phi) is 7.04. The van der Waals surface area contributed by atoms with Gasteiger partial charge < -0.3 is 14.7 Å². The number of fused-ring (bicyclic) bond motifs is 1. The zero-order valence-electron chi connectivity index (χ0n) is 18.5. The molecule has 0 amide bonds. The lowest BCUT2D eigenvalue weighted by Crippen LogP contribution is -2.39. The fourth-order valence-electron chi connectivity index (χ4n) is 4.04. The molecule has 5 rings (SSSR count). The van der Waals surface area contributed by atoms with E-state index >= 15 is 0 Å². The van der Waals surface area contributed by atoms with Crippen molar-refractivity contribution in [3.05, 3.63) is 54.3 Å². The van der Waals surface area contributed by atoms with E-state index in [0.29, 0.717) is 24.5 Å². The molecule has 180 valence electrons. The lowest BCUT2D eigenvalue weighted by Gasteiger charge is -2.36. The molecule has 0 spiro atoms. The third kappa shape index (κ3) is 5.28. The fourth-order valence-corrected chi connectivity index (χ4v) is 5.63. The molecule has 0 bridgehead atoms. The smallest absolute Gasteiger partial charge is 0.335 e. The molecule has 1 saturated carbocycles. The van der Waals surface area contributed by atoms with Crippen LogP contribution in [-0.2, 0) is 21.4 Å². The number of hydrogen-bond acceptors (Lipinski definition) is 10. The van der Waals surface area contributed by atoms with Crippen LogP contribution < -0.4 is 5.32 Å². The Balaban J connectivity index is 0.000000917. The Morgan fingerprint density at radius 3 is 2.69 bits per heavy atom. The van der Waals surface area contributed by atoms with Crippen LogP contribution >= 0.6 is 0 Å². The van der Waals surface area contributed by atoms with E-state index in [0.717, 1.165) is 22.3 Å². The van der Waals surface area contributed by atoms with Gasteiger partial charge in [-0.05, 0) is 43.9 Å². The summed E-state index contributed by atoms with van der Waals surface area (Å²) in [5, 5.41) is 13.4. The van der Waals surface area contributed by atoms with E-state index in [4.69, 9.17) is 18.1 Å². The van der Waals surface area contributed by atoms with E-state index in [1.807, 2.05) is 25.3 Å². The number of nitriles is 1. The minimum absolute atomic E-state index is 0.00869. The molecule has 0 unspecified atom stereocenters. The van der Waals surface area contributed by atoms with E-state index in [-0.39, 0.29) is 28.3 Å². The van der Waals surface area contributed by atoms with Gasteiger partial charge in [0.15, 0.2) is 14.9 Å². The van der Waals surface area contributed by atoms with Crippen LogP contribution in [0.3, 0.4) is 0 Å². The summed E-state index contributed by atoms with van der Waals surface area (Å²) in [6, 6.07) is 6.83. The average molecular weight is 513 g/mol. The Morgan fingerprint density at radius 1 is 1.23 bits per heavy atom. The van der Waals surface area contributed by atoms with Gasteiger partial charge in [0, 0.05) is 30.0 Å². The van der Waals surface area contributed by atoms with Crippen molar-refractivity contribution in [2.75, 3.05) is 11.1 Å². The maximum atomic E-state index is 12.7. The van der Waals surface area contributed by atoms with Crippen molar-refractivity contribution < 1.29 is 21.3 Å². The lowest BCUT2D eigenvalue weighted by molar-refractivity contribution is 0.310. The van der Waals surface area contributed by atoms with E-state index in [9.17, 15) is 8.42 Å². The van der Waals surface area contributed by atoms with Crippen molar-refractivity contribution in [2.45, 2.75) is 30.8 Å². The number of pyridine rings is 2. The van der Waals surface area contributed by atoms with Crippen LogP contribution in [0.15, 0.2) is 52.4 Å². The molecule has 1 aliphatic carbocycles. The maximum absolute atomic E-state index is 12.7. The van der Waals surface area contributed by atoms with E-state index in [1.165, 1.54) is 18.3 Å². The van der Waals surface area contributed by atoms with Crippen molar-refractivity contribution in [3.63, 3.8) is 0 Å². The molecule has 0 aromatic carbocycles. The molecule has 11 nitrogen and oxygen atoms in total. The molecule has 0 saturated heterocycles. The summed E-state index contributed by atoms with van der Waals surface area (Å²) in [6.45, 7) is 1.84. The van der Waals surface area contributed by atoms with Gasteiger partial charge in [-0.2, -0.15) is 13.7 Å². The largest absolute Gasteiger partial charge is 0.441 e. The molecular weight excluding hydrogens is 492 g/mol. The second-order valence-electron chi connectivity index (χ2n) is 8.09. The highest BCUT2D eigenvalue weighted by atomic mass is 32.2. The van der Waals surface area contributed by atoms with Crippen molar-refractivity contribution in [2.24, 2.45) is 5.92 Å². The van der Waals surface area contributed by atoms with Crippen molar-refractivity contribution in [1.82, 2.24) is 19.9 Å². The monoisotopic (exact) mass is 512 g/mol. The van der Waals surface area contributed by atoms with Crippen LogP contribution in [0, 0.1) is 24.2 Å². The van der Waals surface area contributed by atoms with Gasteiger partial charge in [0.25, 0.3) is 0 Å². The summed E-state index contributed by atoms with van der Waals surface area (Å²) in [5.41, 5.74) is 2.67. The third-order valence-corrected chi connectivity index (χ3v) is 7.43. The number of H-pyrrole nitrogens is 1. The number of aromatic nitrogens is 4. The summed E-state index contributed by atoms with van der Waals surface area (Å²) in [4.78, 5) is 15.8. The first kappa shape index (κ1) is 24.2.